The van der Waals surface area contributed by atoms with E-state index in [0.29, 0.717) is 6.42 Å². The van der Waals surface area contributed by atoms with Crippen molar-refractivity contribution < 1.29 is 29.3 Å². The third-order valence-corrected chi connectivity index (χ3v) is 4.09. The van der Waals surface area contributed by atoms with Gasteiger partial charge in [-0.3, -0.25) is 9.59 Å². The van der Waals surface area contributed by atoms with Gasteiger partial charge in [-0.1, -0.05) is 13.0 Å². The van der Waals surface area contributed by atoms with E-state index in [1.54, 1.807) is 6.92 Å². The molecule has 0 aliphatic carbocycles. The Morgan fingerprint density at radius 3 is 2.54 bits per heavy atom. The lowest BCUT2D eigenvalue weighted by Crippen LogP contribution is -2.29. The summed E-state index contributed by atoms with van der Waals surface area (Å²) in [5.41, 5.74) is 0.615. The first-order valence-corrected chi connectivity index (χ1v) is 8.09. The Hall–Kier alpha value is -3.19. The van der Waals surface area contributed by atoms with Gasteiger partial charge in [0.05, 0.1) is 28.5 Å². The molecule has 134 valence electrons. The Morgan fingerprint density at radius 2 is 1.85 bits per heavy atom. The van der Waals surface area contributed by atoms with Crippen LogP contribution in [0.3, 0.4) is 0 Å². The molecule has 1 heterocycles. The first-order chi connectivity index (χ1) is 12.4. The van der Waals surface area contributed by atoms with E-state index in [2.05, 4.69) is 0 Å². The number of hydrogen-bond acceptors (Lipinski definition) is 6. The van der Waals surface area contributed by atoms with E-state index < -0.39 is 23.9 Å². The minimum Gasteiger partial charge on any atom is -0.508 e. The highest BCUT2D eigenvalue weighted by Gasteiger charge is 2.37. The lowest BCUT2D eigenvalue weighted by molar-refractivity contribution is 0.0250. The van der Waals surface area contributed by atoms with Crippen molar-refractivity contribution in [3.8, 4) is 5.75 Å². The zero-order chi connectivity index (χ0) is 18.8. The number of phenolic OH excluding ortho intramolecular Hbond substituents is 1. The largest absolute Gasteiger partial charge is 0.508 e. The Balaban J connectivity index is 1.87. The predicted octanol–water partition coefficient (Wildman–Crippen LogP) is 2.12. The van der Waals surface area contributed by atoms with Crippen molar-refractivity contribution in [2.75, 3.05) is 11.5 Å². The zero-order valence-corrected chi connectivity index (χ0v) is 14.0. The van der Waals surface area contributed by atoms with Crippen LogP contribution in [-0.4, -0.2) is 40.7 Å². The summed E-state index contributed by atoms with van der Waals surface area (Å²) in [5, 5.41) is 19.0. The van der Waals surface area contributed by atoms with Gasteiger partial charge in [-0.15, -0.1) is 0 Å². The minimum absolute atomic E-state index is 0.0715. The number of amides is 2. The van der Waals surface area contributed by atoms with Crippen LogP contribution in [0, 0.1) is 0 Å². The molecule has 0 saturated heterocycles. The predicted molar refractivity (Wildman–Crippen MR) is 92.3 cm³/mol. The summed E-state index contributed by atoms with van der Waals surface area (Å²) < 4.78 is 5.00. The monoisotopic (exact) mass is 355 g/mol. The van der Waals surface area contributed by atoms with Gasteiger partial charge in [-0.2, -0.15) is 0 Å². The molecule has 7 nitrogen and oxygen atoms in total. The Labute approximate surface area is 149 Å². The summed E-state index contributed by atoms with van der Waals surface area (Å²) in [6, 6.07) is 9.89. The summed E-state index contributed by atoms with van der Waals surface area (Å²) in [5.74, 6) is -1.87. The van der Waals surface area contributed by atoms with Crippen LogP contribution in [0.1, 0.15) is 44.4 Å². The first kappa shape index (κ1) is 17.6. The molecule has 26 heavy (non-hydrogen) atoms. The number of imide groups is 1. The molecule has 0 aromatic heterocycles. The van der Waals surface area contributed by atoms with Crippen LogP contribution in [-0.2, 0) is 4.74 Å². The number of anilines is 1. The molecule has 1 aliphatic heterocycles. The SMILES string of the molecule is CCC(O)COC(=O)c1ccc2c(c1)C(=O)N(c1cccc(O)c1)C2=O. The zero-order valence-electron chi connectivity index (χ0n) is 14.0. The van der Waals surface area contributed by atoms with Crippen LogP contribution >= 0.6 is 0 Å². The highest BCUT2D eigenvalue weighted by molar-refractivity contribution is 6.34. The second kappa shape index (κ2) is 6.97. The quantitative estimate of drug-likeness (QED) is 0.629. The molecule has 1 atom stereocenters. The fraction of sp³-hybridized carbons (Fsp3) is 0.211. The third kappa shape index (κ3) is 3.16. The number of phenols is 1. The molecule has 2 amide bonds. The minimum atomic E-state index is -0.752. The normalized spacial score (nSPS) is 14.3. The number of hydrogen-bond donors (Lipinski definition) is 2. The van der Waals surface area contributed by atoms with Crippen LogP contribution < -0.4 is 4.90 Å². The summed E-state index contributed by atoms with van der Waals surface area (Å²) in [4.78, 5) is 38.2. The van der Waals surface area contributed by atoms with Crippen molar-refractivity contribution in [1.82, 2.24) is 0 Å². The lowest BCUT2D eigenvalue weighted by atomic mass is 10.1. The third-order valence-electron chi connectivity index (χ3n) is 4.09. The molecule has 0 fully saturated rings. The molecular weight excluding hydrogens is 338 g/mol. The van der Waals surface area contributed by atoms with Gasteiger partial charge in [0.25, 0.3) is 11.8 Å². The number of nitrogens with zero attached hydrogens (tertiary/aromatic N) is 1. The van der Waals surface area contributed by atoms with Gasteiger partial charge >= 0.3 is 5.97 Å². The van der Waals surface area contributed by atoms with Crippen molar-refractivity contribution in [2.24, 2.45) is 0 Å². The van der Waals surface area contributed by atoms with Gasteiger partial charge in [-0.25, -0.2) is 9.69 Å². The van der Waals surface area contributed by atoms with Gasteiger partial charge in [0.1, 0.15) is 12.4 Å². The Bertz CT molecular complexity index is 891. The van der Waals surface area contributed by atoms with E-state index in [9.17, 15) is 24.6 Å². The van der Waals surface area contributed by atoms with Gasteiger partial charge in [-0.05, 0) is 36.8 Å². The number of ether oxygens (including phenoxy) is 1. The number of rotatable bonds is 5. The fourth-order valence-corrected chi connectivity index (χ4v) is 2.61. The Morgan fingerprint density at radius 1 is 1.12 bits per heavy atom. The summed E-state index contributed by atoms with van der Waals surface area (Å²) in [6.07, 6.45) is -0.304. The number of fused-ring (bicyclic) bond motifs is 1. The Kier molecular flexibility index (Phi) is 4.73. The lowest BCUT2D eigenvalue weighted by Gasteiger charge is -2.13. The number of aliphatic hydroxyl groups is 1. The standard InChI is InChI=1S/C19H17NO6/c1-2-13(21)10-26-19(25)11-6-7-15-16(8-11)18(24)20(17(15)23)12-4-3-5-14(22)9-12/h3-9,13,21-22H,2,10H2,1H3. The number of carbonyl (C=O) groups is 3. The number of aliphatic hydroxyl groups excluding tert-OH is 1. The molecule has 1 aliphatic rings. The number of benzene rings is 2. The average molecular weight is 355 g/mol. The van der Waals surface area contributed by atoms with E-state index in [1.807, 2.05) is 0 Å². The number of aromatic hydroxyl groups is 1. The van der Waals surface area contributed by atoms with Crippen molar-refractivity contribution in [1.29, 1.82) is 0 Å². The van der Waals surface area contributed by atoms with E-state index in [0.717, 1.165) is 4.90 Å². The maximum Gasteiger partial charge on any atom is 0.338 e. The highest BCUT2D eigenvalue weighted by Crippen LogP contribution is 2.30. The molecule has 3 rings (SSSR count). The average Bonchev–Trinajstić information content (AvgIpc) is 2.89. The van der Waals surface area contributed by atoms with Crippen molar-refractivity contribution in [2.45, 2.75) is 19.4 Å². The maximum atomic E-state index is 12.6. The van der Waals surface area contributed by atoms with Crippen LogP contribution in [0.25, 0.3) is 0 Å². The van der Waals surface area contributed by atoms with E-state index in [4.69, 9.17) is 4.74 Å². The smallest absolute Gasteiger partial charge is 0.338 e. The number of carbonyl (C=O) groups excluding carboxylic acids is 3. The molecule has 0 bridgehead atoms. The molecule has 2 N–H and O–H groups in total. The summed E-state index contributed by atoms with van der Waals surface area (Å²) >= 11 is 0. The van der Waals surface area contributed by atoms with Gasteiger partial charge < -0.3 is 14.9 Å². The molecule has 0 saturated carbocycles. The molecule has 1 unspecified atom stereocenters. The molecule has 0 spiro atoms. The summed E-state index contributed by atoms with van der Waals surface area (Å²) in [6.45, 7) is 1.61. The highest BCUT2D eigenvalue weighted by atomic mass is 16.5. The topological polar surface area (TPSA) is 104 Å². The van der Waals surface area contributed by atoms with Crippen molar-refractivity contribution >= 4 is 23.5 Å². The van der Waals surface area contributed by atoms with Crippen LogP contribution in [0.4, 0.5) is 5.69 Å². The van der Waals surface area contributed by atoms with E-state index in [1.165, 1.54) is 42.5 Å². The van der Waals surface area contributed by atoms with E-state index >= 15 is 0 Å². The molecule has 7 heteroatoms. The fourth-order valence-electron chi connectivity index (χ4n) is 2.61. The molecule has 0 radical (unpaired) electrons. The van der Waals surface area contributed by atoms with Crippen molar-refractivity contribution in [3.05, 3.63) is 59.2 Å². The maximum absolute atomic E-state index is 12.6. The molecular formula is C19H17NO6. The van der Waals surface area contributed by atoms with Crippen LogP contribution in [0.2, 0.25) is 0 Å². The number of esters is 1. The molecule has 2 aromatic carbocycles. The van der Waals surface area contributed by atoms with E-state index in [-0.39, 0.29) is 34.7 Å². The van der Waals surface area contributed by atoms with Crippen LogP contribution in [0.15, 0.2) is 42.5 Å². The second-order valence-electron chi connectivity index (χ2n) is 5.89. The van der Waals surface area contributed by atoms with Gasteiger partial charge in [0, 0.05) is 6.07 Å². The second-order valence-corrected chi connectivity index (χ2v) is 5.89. The van der Waals surface area contributed by atoms with Gasteiger partial charge in [0.15, 0.2) is 0 Å². The van der Waals surface area contributed by atoms with Crippen molar-refractivity contribution in [3.63, 3.8) is 0 Å². The first-order valence-electron chi connectivity index (χ1n) is 8.09. The van der Waals surface area contributed by atoms with Crippen LogP contribution in [0.5, 0.6) is 5.75 Å². The van der Waals surface area contributed by atoms with Gasteiger partial charge in [0.2, 0.25) is 0 Å². The molecule has 2 aromatic rings. The summed E-state index contributed by atoms with van der Waals surface area (Å²) in [7, 11) is 0.